The molecule has 0 saturated carbocycles. The third-order valence-corrected chi connectivity index (χ3v) is 8.45. The van der Waals surface area contributed by atoms with Gasteiger partial charge in [0.1, 0.15) is 0 Å². The van der Waals surface area contributed by atoms with Crippen LogP contribution < -0.4 is 4.57 Å². The second kappa shape index (κ2) is 13.1. The molecular formula is C44H31N4+. The minimum Gasteiger partial charge on any atom is -0.255 e. The number of nitrogens with zero attached hydrogens (tertiary/aromatic N) is 4. The van der Waals surface area contributed by atoms with Gasteiger partial charge in [0.2, 0.25) is 17.1 Å². The van der Waals surface area contributed by atoms with Crippen LogP contribution >= 0.6 is 0 Å². The molecule has 0 radical (unpaired) electrons. The zero-order chi connectivity index (χ0) is 32.1. The summed E-state index contributed by atoms with van der Waals surface area (Å²) in [7, 11) is 0. The molecule has 0 saturated heterocycles. The van der Waals surface area contributed by atoms with Crippen molar-refractivity contribution in [3.8, 4) is 73.2 Å². The van der Waals surface area contributed by atoms with E-state index in [2.05, 4.69) is 154 Å². The van der Waals surface area contributed by atoms with Crippen molar-refractivity contribution >= 4 is 0 Å². The average Bonchev–Trinajstić information content (AvgIpc) is 3.19. The van der Waals surface area contributed by atoms with E-state index in [9.17, 15) is 0 Å². The summed E-state index contributed by atoms with van der Waals surface area (Å²) in [4.78, 5) is 14.1. The second-order valence-corrected chi connectivity index (χ2v) is 11.6. The summed E-state index contributed by atoms with van der Waals surface area (Å²) in [6.07, 6.45) is 3.60. The predicted octanol–water partition coefficient (Wildman–Crippen LogP) is 10.2. The molecule has 0 aliphatic heterocycles. The predicted molar refractivity (Wildman–Crippen MR) is 194 cm³/mol. The molecule has 0 aliphatic rings. The third-order valence-electron chi connectivity index (χ3n) is 8.45. The van der Waals surface area contributed by atoms with Crippen LogP contribution in [-0.2, 0) is 0 Å². The molecular weight excluding hydrogens is 585 g/mol. The van der Waals surface area contributed by atoms with Crippen molar-refractivity contribution in [1.82, 2.24) is 15.0 Å². The smallest absolute Gasteiger partial charge is 0.219 e. The molecule has 0 bridgehead atoms. The monoisotopic (exact) mass is 615 g/mol. The maximum atomic E-state index is 4.96. The van der Waals surface area contributed by atoms with Crippen LogP contribution in [0.5, 0.6) is 0 Å². The number of benzene rings is 4. The van der Waals surface area contributed by atoms with Crippen molar-refractivity contribution in [2.24, 2.45) is 0 Å². The van der Waals surface area contributed by atoms with E-state index in [4.69, 9.17) is 4.98 Å². The second-order valence-electron chi connectivity index (χ2n) is 11.6. The fourth-order valence-corrected chi connectivity index (χ4v) is 6.10. The van der Waals surface area contributed by atoms with E-state index in [0.29, 0.717) is 0 Å². The van der Waals surface area contributed by atoms with Gasteiger partial charge >= 0.3 is 0 Å². The van der Waals surface area contributed by atoms with Crippen LogP contribution in [0, 0.1) is 0 Å². The first-order valence-corrected chi connectivity index (χ1v) is 16.0. The zero-order valence-electron chi connectivity index (χ0n) is 26.2. The molecule has 8 aromatic rings. The molecule has 4 aromatic carbocycles. The van der Waals surface area contributed by atoms with Crippen LogP contribution in [0.4, 0.5) is 0 Å². The van der Waals surface area contributed by atoms with Crippen molar-refractivity contribution in [3.05, 3.63) is 188 Å². The molecule has 4 nitrogen and oxygen atoms in total. The molecule has 0 unspecified atom stereocenters. The summed E-state index contributed by atoms with van der Waals surface area (Å²) < 4.78 is 2.37. The summed E-state index contributed by atoms with van der Waals surface area (Å²) in [5.74, 6) is 0. The Morgan fingerprint density at radius 3 is 1.19 bits per heavy atom. The molecule has 4 aromatic heterocycles. The quantitative estimate of drug-likeness (QED) is 0.168. The lowest BCUT2D eigenvalue weighted by Crippen LogP contribution is -2.36. The van der Waals surface area contributed by atoms with Gasteiger partial charge in [0, 0.05) is 47.8 Å². The summed E-state index contributed by atoms with van der Waals surface area (Å²) in [5.41, 5.74) is 13.3. The first kappa shape index (κ1) is 28.9. The highest BCUT2D eigenvalue weighted by Gasteiger charge is 2.25. The van der Waals surface area contributed by atoms with Gasteiger partial charge in [-0.05, 0) is 95.1 Å². The number of hydrogen-bond donors (Lipinski definition) is 0. The molecule has 8 rings (SSSR count). The maximum absolute atomic E-state index is 4.96. The van der Waals surface area contributed by atoms with Crippen LogP contribution in [0.15, 0.2) is 188 Å². The normalized spacial score (nSPS) is 10.9. The Bertz CT molecular complexity index is 2170. The third kappa shape index (κ3) is 5.91. The largest absolute Gasteiger partial charge is 0.255 e. The van der Waals surface area contributed by atoms with E-state index < -0.39 is 0 Å². The standard InChI is InChI=1S/C44H31N4/c1-4-14-32(15-5-1)37-30-43(34-16-6-2-7-17-34)48(44(31-37)35-18-8-3-9-19-35)38-24-22-33(23-25-38)36-28-41(39-20-10-12-26-45-39)47-42(29-36)40-21-11-13-27-46-40/h1-31H/q+1. The number of hydrogen-bond acceptors (Lipinski definition) is 3. The average molecular weight is 616 g/mol. The van der Waals surface area contributed by atoms with Gasteiger partial charge in [-0.1, -0.05) is 78.9 Å². The van der Waals surface area contributed by atoms with E-state index in [1.807, 2.05) is 36.4 Å². The minimum absolute atomic E-state index is 0.807. The van der Waals surface area contributed by atoms with Crippen LogP contribution in [0.1, 0.15) is 0 Å². The lowest BCUT2D eigenvalue weighted by Gasteiger charge is -2.13. The Hall–Kier alpha value is -6.52. The minimum atomic E-state index is 0.807. The maximum Gasteiger partial charge on any atom is 0.219 e. The van der Waals surface area contributed by atoms with Gasteiger partial charge in [-0.2, -0.15) is 4.57 Å². The highest BCUT2D eigenvalue weighted by molar-refractivity contribution is 5.76. The van der Waals surface area contributed by atoms with Crippen molar-refractivity contribution in [3.63, 3.8) is 0 Å². The van der Waals surface area contributed by atoms with E-state index in [1.165, 1.54) is 11.1 Å². The van der Waals surface area contributed by atoms with Gasteiger partial charge in [-0.15, -0.1) is 0 Å². The number of rotatable bonds is 7. The van der Waals surface area contributed by atoms with E-state index in [-0.39, 0.29) is 0 Å². The van der Waals surface area contributed by atoms with Crippen LogP contribution in [-0.4, -0.2) is 15.0 Å². The Balaban J connectivity index is 1.30. The van der Waals surface area contributed by atoms with Gasteiger partial charge in [0.15, 0.2) is 0 Å². The topological polar surface area (TPSA) is 42.5 Å². The molecule has 48 heavy (non-hydrogen) atoms. The molecule has 0 atom stereocenters. The number of aromatic nitrogens is 4. The van der Waals surface area contributed by atoms with E-state index >= 15 is 0 Å². The van der Waals surface area contributed by atoms with Crippen LogP contribution in [0.3, 0.4) is 0 Å². The van der Waals surface area contributed by atoms with Crippen molar-refractivity contribution < 1.29 is 4.57 Å². The van der Waals surface area contributed by atoms with Gasteiger partial charge < -0.3 is 0 Å². The molecule has 4 heterocycles. The van der Waals surface area contributed by atoms with Crippen molar-refractivity contribution in [2.45, 2.75) is 0 Å². The Morgan fingerprint density at radius 2 is 0.729 bits per heavy atom. The zero-order valence-corrected chi connectivity index (χ0v) is 26.2. The molecule has 4 heteroatoms. The molecule has 226 valence electrons. The van der Waals surface area contributed by atoms with Crippen molar-refractivity contribution in [1.29, 1.82) is 0 Å². The first-order chi connectivity index (χ1) is 23.8. The molecule has 0 fully saturated rings. The fourth-order valence-electron chi connectivity index (χ4n) is 6.10. The molecule has 0 N–H and O–H groups in total. The fraction of sp³-hybridized carbons (Fsp3) is 0. The Morgan fingerprint density at radius 1 is 0.312 bits per heavy atom. The molecule has 0 aliphatic carbocycles. The molecule has 0 spiro atoms. The lowest BCUT2D eigenvalue weighted by atomic mass is 9.98. The van der Waals surface area contributed by atoms with Crippen LogP contribution in [0.2, 0.25) is 0 Å². The Labute approximate surface area is 280 Å². The van der Waals surface area contributed by atoms with Gasteiger partial charge in [-0.25, -0.2) is 4.98 Å². The van der Waals surface area contributed by atoms with Gasteiger partial charge in [-0.3, -0.25) is 9.97 Å². The summed E-state index contributed by atoms with van der Waals surface area (Å²) in [5, 5.41) is 0. The van der Waals surface area contributed by atoms with Crippen LogP contribution in [0.25, 0.3) is 73.2 Å². The lowest BCUT2D eigenvalue weighted by molar-refractivity contribution is -0.572. The SMILES string of the molecule is c1ccc(-c2cc(-c3ccccc3)[n+](-c3ccc(-c4cc(-c5ccccn5)nc(-c5ccccn5)c4)cc3)c(-c3ccccc3)c2)cc1. The van der Waals surface area contributed by atoms with Gasteiger partial charge in [0.25, 0.3) is 0 Å². The molecule has 0 amide bonds. The number of pyridine rings is 4. The van der Waals surface area contributed by atoms with E-state index in [0.717, 1.165) is 62.1 Å². The van der Waals surface area contributed by atoms with Gasteiger partial charge in [0.05, 0.1) is 22.8 Å². The summed E-state index contributed by atoms with van der Waals surface area (Å²) in [6.45, 7) is 0. The first-order valence-electron chi connectivity index (χ1n) is 16.0. The summed E-state index contributed by atoms with van der Waals surface area (Å²) >= 11 is 0. The highest BCUT2D eigenvalue weighted by Crippen LogP contribution is 2.32. The Kier molecular flexibility index (Phi) is 7.87. The van der Waals surface area contributed by atoms with E-state index in [1.54, 1.807) is 12.4 Å². The van der Waals surface area contributed by atoms with Crippen molar-refractivity contribution in [2.75, 3.05) is 0 Å². The summed E-state index contributed by atoms with van der Waals surface area (Å²) in [6, 6.07) is 61.2. The highest BCUT2D eigenvalue weighted by atomic mass is 15.0.